The summed E-state index contributed by atoms with van der Waals surface area (Å²) in [7, 11) is 0. The van der Waals surface area contributed by atoms with Gasteiger partial charge in [-0.3, -0.25) is 0 Å². The van der Waals surface area contributed by atoms with Crippen LogP contribution in [0.25, 0.3) is 0 Å². The molecule has 1 rings (SSSR count). The van der Waals surface area contributed by atoms with Gasteiger partial charge in [0.25, 0.3) is 0 Å². The molecule has 0 amide bonds. The minimum Gasteiger partial charge on any atom is -0.192 e. The van der Waals surface area contributed by atoms with Gasteiger partial charge >= 0.3 is 61.4 Å². The summed E-state index contributed by atoms with van der Waals surface area (Å²) in [5.74, 6) is 0. The van der Waals surface area contributed by atoms with E-state index < -0.39 is 14.2 Å². The number of benzene rings is 1. The maximum Gasteiger partial charge on any atom is 1.00 e. The van der Waals surface area contributed by atoms with Crippen LogP contribution >= 0.6 is 23.2 Å². The molecule has 0 aliphatic heterocycles. The summed E-state index contributed by atoms with van der Waals surface area (Å²) in [6, 6.07) is 6.86. The maximum atomic E-state index is 9.28. The van der Waals surface area contributed by atoms with Gasteiger partial charge in [-0.15, -0.1) is 0 Å². The first-order chi connectivity index (χ1) is 6.75. The molecule has 0 fully saturated rings. The summed E-state index contributed by atoms with van der Waals surface area (Å²) in [6.45, 7) is 0. The normalized spacial score (nSPS) is 12.2. The van der Waals surface area contributed by atoms with Gasteiger partial charge in [-0.05, 0) is 12.1 Å². The molecule has 0 aromatic heterocycles. The zero-order valence-electron chi connectivity index (χ0n) is 8.65. The zero-order valence-corrected chi connectivity index (χ0v) is 14.0. The molecule has 1 N–H and O–H groups in total. The van der Waals surface area contributed by atoms with Gasteiger partial charge in [-0.1, -0.05) is 29.3 Å². The molecule has 4 nitrogen and oxygen atoms in total. The van der Waals surface area contributed by atoms with Crippen molar-refractivity contribution >= 4 is 37.4 Å². The second-order valence-electron chi connectivity index (χ2n) is 2.51. The maximum absolute atomic E-state index is 9.28. The monoisotopic (exact) mass is 333 g/mol. The van der Waals surface area contributed by atoms with Crippen molar-refractivity contribution in [1.82, 2.24) is 0 Å². The first kappa shape index (κ1) is 18.9. The standard InChI is InChI=1S/C7H3Cl2N.CH5AsO3.Na/c8-6-2-1-3-7(9)5(6)4-10;1-2(3,4)5;/h1-3H;1H3,(H2,3,4,5);/q;;+1/p-1. The molecule has 16 heavy (non-hydrogen) atoms. The molecule has 0 saturated heterocycles. The zero-order chi connectivity index (χ0) is 12.1. The molecule has 0 heterocycles. The summed E-state index contributed by atoms with van der Waals surface area (Å²) in [5, 5.41) is 9.28. The Hall–Kier alpha value is 0.568. The van der Waals surface area contributed by atoms with E-state index in [2.05, 4.69) is 0 Å². The van der Waals surface area contributed by atoms with E-state index in [1.54, 1.807) is 18.2 Å². The molecular formula is C8H7AsCl2NNaO3. The number of nitrogens with zero attached hydrogens (tertiary/aromatic N) is 1. The topological polar surface area (TPSA) is 84.2 Å². The van der Waals surface area contributed by atoms with Crippen LogP contribution in [-0.4, -0.2) is 18.3 Å². The summed E-state index contributed by atoms with van der Waals surface area (Å²) in [5.41, 5.74) is 1.14. The molecule has 1 atom stereocenters. The van der Waals surface area contributed by atoms with Gasteiger partial charge in [0.2, 0.25) is 0 Å². The Morgan fingerprint density at radius 2 is 1.75 bits per heavy atom. The van der Waals surface area contributed by atoms with Crippen molar-refractivity contribution in [2.24, 2.45) is 0 Å². The third-order valence-corrected chi connectivity index (χ3v) is 1.70. The summed E-state index contributed by atoms with van der Waals surface area (Å²) < 4.78 is 26.1. The van der Waals surface area contributed by atoms with Gasteiger partial charge in [-0.25, -0.2) is 0 Å². The largest absolute Gasteiger partial charge is 1.00 e. The predicted molar refractivity (Wildman–Crippen MR) is 55.7 cm³/mol. The molecule has 82 valence electrons. The Morgan fingerprint density at radius 3 is 1.94 bits per heavy atom. The summed E-state index contributed by atoms with van der Waals surface area (Å²) in [4.78, 5) is 0. The van der Waals surface area contributed by atoms with Gasteiger partial charge in [0, 0.05) is 0 Å². The van der Waals surface area contributed by atoms with Crippen molar-refractivity contribution in [2.45, 2.75) is 5.71 Å². The quantitative estimate of drug-likeness (QED) is 0.568. The van der Waals surface area contributed by atoms with Crippen molar-refractivity contribution in [3.8, 4) is 6.07 Å². The summed E-state index contributed by atoms with van der Waals surface area (Å²) >= 11 is 6.87. The van der Waals surface area contributed by atoms with Gasteiger partial charge in [0.15, 0.2) is 0 Å². The number of nitriles is 1. The van der Waals surface area contributed by atoms with Crippen LogP contribution in [0.15, 0.2) is 18.2 Å². The van der Waals surface area contributed by atoms with E-state index in [-0.39, 0.29) is 29.6 Å². The third kappa shape index (κ3) is 9.77. The van der Waals surface area contributed by atoms with Crippen molar-refractivity contribution < 1.29 is 41.5 Å². The number of hydrogen-bond acceptors (Lipinski definition) is 3. The molecule has 0 spiro atoms. The molecular weight excluding hydrogens is 327 g/mol. The predicted octanol–water partition coefficient (Wildman–Crippen LogP) is -1.79. The van der Waals surface area contributed by atoms with Crippen LogP contribution in [0.2, 0.25) is 15.8 Å². The minimum atomic E-state index is -4.38. The second-order valence-corrected chi connectivity index (χ2v) is 6.70. The Labute approximate surface area is 128 Å². The number of hydrogen-bond donors (Lipinski definition) is 1. The minimum absolute atomic E-state index is 0. The fourth-order valence-corrected chi connectivity index (χ4v) is 1.09. The van der Waals surface area contributed by atoms with Crippen LogP contribution < -0.4 is 33.7 Å². The average molecular weight is 334 g/mol. The van der Waals surface area contributed by atoms with Crippen LogP contribution in [0.1, 0.15) is 5.56 Å². The van der Waals surface area contributed by atoms with Crippen LogP contribution in [-0.2, 0) is 3.74 Å². The average Bonchev–Trinajstić information content (AvgIpc) is 2.01. The van der Waals surface area contributed by atoms with Gasteiger partial charge in [-0.2, -0.15) is 5.26 Å². The number of halogens is 2. The molecule has 0 bridgehead atoms. The van der Waals surface area contributed by atoms with Crippen molar-refractivity contribution in [2.75, 3.05) is 0 Å². The smallest absolute Gasteiger partial charge is 0.192 e. The SMILES string of the molecule is C[As](=O)([O-])O.N#Cc1c(Cl)cccc1Cl.[Na+]. The molecule has 1 aromatic carbocycles. The fraction of sp³-hybridized carbons (Fsp3) is 0.125. The van der Waals surface area contributed by atoms with Gasteiger partial charge in [0.05, 0.1) is 15.6 Å². The van der Waals surface area contributed by atoms with Gasteiger partial charge in [0.1, 0.15) is 6.07 Å². The van der Waals surface area contributed by atoms with E-state index >= 15 is 0 Å². The Morgan fingerprint density at radius 1 is 1.44 bits per heavy atom. The molecule has 8 heteroatoms. The van der Waals surface area contributed by atoms with E-state index in [0.717, 1.165) is 5.71 Å². The Bertz CT molecular complexity index is 401. The molecule has 0 saturated carbocycles. The van der Waals surface area contributed by atoms with Crippen molar-refractivity contribution in [3.05, 3.63) is 33.8 Å². The number of rotatable bonds is 0. The van der Waals surface area contributed by atoms with Crippen molar-refractivity contribution in [1.29, 1.82) is 5.26 Å². The molecule has 0 aliphatic rings. The van der Waals surface area contributed by atoms with Crippen LogP contribution in [0.5, 0.6) is 0 Å². The van der Waals surface area contributed by atoms with E-state index in [1.807, 2.05) is 6.07 Å². The summed E-state index contributed by atoms with van der Waals surface area (Å²) in [6.07, 6.45) is 0. The Kier molecular flexibility index (Phi) is 10.2. The first-order valence-corrected chi connectivity index (χ1v) is 8.61. The first-order valence-electron chi connectivity index (χ1n) is 3.61. The van der Waals surface area contributed by atoms with E-state index in [4.69, 9.17) is 32.6 Å². The van der Waals surface area contributed by atoms with E-state index in [1.165, 1.54) is 0 Å². The molecule has 0 aliphatic carbocycles. The van der Waals surface area contributed by atoms with E-state index in [9.17, 15) is 7.84 Å². The molecule has 1 unspecified atom stereocenters. The van der Waals surface area contributed by atoms with Gasteiger partial charge < -0.3 is 0 Å². The Balaban J connectivity index is 0. The third-order valence-electron chi connectivity index (χ3n) is 1.07. The fourth-order valence-electron chi connectivity index (χ4n) is 0.605. The van der Waals surface area contributed by atoms with Crippen LogP contribution in [0.4, 0.5) is 0 Å². The van der Waals surface area contributed by atoms with E-state index in [0.29, 0.717) is 15.6 Å². The molecule has 1 aromatic rings. The second kappa shape index (κ2) is 8.63. The van der Waals surface area contributed by atoms with Crippen molar-refractivity contribution in [3.63, 3.8) is 0 Å². The van der Waals surface area contributed by atoms with Crippen LogP contribution in [0.3, 0.4) is 0 Å². The molecule has 0 radical (unpaired) electrons. The van der Waals surface area contributed by atoms with Crippen LogP contribution in [0, 0.1) is 11.3 Å².